The van der Waals surface area contributed by atoms with E-state index < -0.39 is 12.2 Å². The van der Waals surface area contributed by atoms with Crippen molar-refractivity contribution in [3.05, 3.63) is 18.2 Å². The van der Waals surface area contributed by atoms with Crippen molar-refractivity contribution in [2.45, 2.75) is 38.0 Å². The maximum absolute atomic E-state index is 12.8. The van der Waals surface area contributed by atoms with Crippen LogP contribution in [0.25, 0.3) is 0 Å². The molecule has 0 aromatic carbocycles. The fourth-order valence-corrected chi connectivity index (χ4v) is 1.79. The molecule has 90 valence electrons. The van der Waals surface area contributed by atoms with Crippen molar-refractivity contribution in [3.63, 3.8) is 0 Å². The Labute approximate surface area is 91.7 Å². The number of alkyl halides is 3. The summed E-state index contributed by atoms with van der Waals surface area (Å²) in [5, 5.41) is 2.46. The third-order valence-corrected chi connectivity index (χ3v) is 2.67. The van der Waals surface area contributed by atoms with Gasteiger partial charge in [0.2, 0.25) is 0 Å². The van der Waals surface area contributed by atoms with Gasteiger partial charge in [0.15, 0.2) is 0 Å². The van der Waals surface area contributed by atoms with Gasteiger partial charge in [-0.2, -0.15) is 13.2 Å². The summed E-state index contributed by atoms with van der Waals surface area (Å²) in [6, 6.07) is -1.40. The Morgan fingerprint density at radius 3 is 2.75 bits per heavy atom. The number of aromatic nitrogens is 2. The van der Waals surface area contributed by atoms with Crippen molar-refractivity contribution in [2.75, 3.05) is 6.54 Å². The summed E-state index contributed by atoms with van der Waals surface area (Å²) < 4.78 is 40.1. The fraction of sp³-hybridized carbons (Fsp3) is 0.700. The van der Waals surface area contributed by atoms with Gasteiger partial charge in [0.05, 0.1) is 18.2 Å². The van der Waals surface area contributed by atoms with E-state index in [0.717, 1.165) is 12.8 Å². The van der Waals surface area contributed by atoms with E-state index in [1.165, 1.54) is 12.5 Å². The minimum Gasteiger partial charge on any atom is -0.330 e. The lowest BCUT2D eigenvalue weighted by molar-refractivity contribution is -0.158. The second-order valence-electron chi connectivity index (χ2n) is 3.99. The molecule has 0 aliphatic heterocycles. The summed E-state index contributed by atoms with van der Waals surface area (Å²) in [5.41, 5.74) is 0.219. The fourth-order valence-electron chi connectivity index (χ4n) is 1.79. The second-order valence-corrected chi connectivity index (χ2v) is 3.99. The lowest BCUT2D eigenvalue weighted by Gasteiger charge is -2.22. The molecule has 0 amide bonds. The molecule has 0 spiro atoms. The molecular formula is C10H14F3N3. The Bertz CT molecular complexity index is 354. The van der Waals surface area contributed by atoms with Crippen LogP contribution >= 0.6 is 0 Å². The smallest absolute Gasteiger partial charge is 0.330 e. The number of nitrogens with one attached hydrogen (secondary N) is 1. The van der Waals surface area contributed by atoms with E-state index in [-0.39, 0.29) is 18.3 Å². The quantitative estimate of drug-likeness (QED) is 0.865. The van der Waals surface area contributed by atoms with Gasteiger partial charge >= 0.3 is 6.18 Å². The molecule has 0 radical (unpaired) electrons. The Kier molecular flexibility index (Phi) is 2.92. The summed E-state index contributed by atoms with van der Waals surface area (Å²) in [5.74, 6) is 0. The monoisotopic (exact) mass is 233 g/mol. The predicted molar refractivity (Wildman–Crippen MR) is 53.0 cm³/mol. The first-order valence-corrected chi connectivity index (χ1v) is 5.36. The van der Waals surface area contributed by atoms with Gasteiger partial charge in [-0.15, -0.1) is 0 Å². The Balaban J connectivity index is 2.27. The molecule has 1 aromatic heterocycles. The Morgan fingerprint density at radius 2 is 2.25 bits per heavy atom. The van der Waals surface area contributed by atoms with Crippen LogP contribution in [0.3, 0.4) is 0 Å². The first-order chi connectivity index (χ1) is 7.54. The van der Waals surface area contributed by atoms with Crippen molar-refractivity contribution in [1.29, 1.82) is 0 Å². The van der Waals surface area contributed by atoms with Crippen LogP contribution in [0.5, 0.6) is 0 Å². The van der Waals surface area contributed by atoms with E-state index in [9.17, 15) is 13.2 Å². The molecule has 3 nitrogen and oxygen atoms in total. The van der Waals surface area contributed by atoms with Crippen LogP contribution in [-0.4, -0.2) is 22.3 Å². The van der Waals surface area contributed by atoms with E-state index in [1.54, 1.807) is 11.5 Å². The topological polar surface area (TPSA) is 29.9 Å². The van der Waals surface area contributed by atoms with Gasteiger partial charge in [-0.25, -0.2) is 4.98 Å². The maximum atomic E-state index is 12.8. The first-order valence-electron chi connectivity index (χ1n) is 5.36. The summed E-state index contributed by atoms with van der Waals surface area (Å²) >= 11 is 0. The molecule has 2 rings (SSSR count). The third-order valence-electron chi connectivity index (χ3n) is 2.67. The molecule has 1 fully saturated rings. The summed E-state index contributed by atoms with van der Waals surface area (Å²) in [6.45, 7) is 1.94. The average Bonchev–Trinajstić information content (AvgIpc) is 2.92. The van der Waals surface area contributed by atoms with Crippen LogP contribution in [0, 0.1) is 0 Å². The molecule has 1 N–H and O–H groups in total. The van der Waals surface area contributed by atoms with Crippen LogP contribution in [-0.2, 0) is 0 Å². The molecule has 1 aliphatic rings. The standard InChI is InChI=1S/C10H14F3N3/c1-2-15-9(10(11,12)13)8-5-14-6-16(8)7-3-4-7/h5-7,9,15H,2-4H2,1H3. The summed E-state index contributed by atoms with van der Waals surface area (Å²) in [6.07, 6.45) is 0.408. The molecule has 1 aromatic rings. The first kappa shape index (κ1) is 11.4. The highest BCUT2D eigenvalue weighted by Gasteiger charge is 2.43. The molecule has 16 heavy (non-hydrogen) atoms. The molecule has 1 aliphatic carbocycles. The number of hydrogen-bond acceptors (Lipinski definition) is 2. The van der Waals surface area contributed by atoms with Crippen molar-refractivity contribution in [3.8, 4) is 0 Å². The van der Waals surface area contributed by atoms with Crippen LogP contribution in [0.4, 0.5) is 13.2 Å². The molecule has 0 saturated heterocycles. The molecule has 6 heteroatoms. The number of hydrogen-bond donors (Lipinski definition) is 1. The summed E-state index contributed by atoms with van der Waals surface area (Å²) in [4.78, 5) is 3.82. The van der Waals surface area contributed by atoms with E-state index in [4.69, 9.17) is 0 Å². The van der Waals surface area contributed by atoms with E-state index in [0.29, 0.717) is 0 Å². The van der Waals surface area contributed by atoms with E-state index in [2.05, 4.69) is 10.3 Å². The van der Waals surface area contributed by atoms with Gasteiger partial charge in [0.1, 0.15) is 6.04 Å². The van der Waals surface area contributed by atoms with Crippen LogP contribution in [0.1, 0.15) is 37.5 Å². The van der Waals surface area contributed by atoms with Gasteiger partial charge in [0, 0.05) is 6.04 Å². The molecular weight excluding hydrogens is 219 g/mol. The number of halogens is 3. The van der Waals surface area contributed by atoms with Crippen molar-refractivity contribution >= 4 is 0 Å². The minimum absolute atomic E-state index is 0.209. The van der Waals surface area contributed by atoms with Crippen LogP contribution < -0.4 is 5.32 Å². The highest BCUT2D eigenvalue weighted by Crippen LogP contribution is 2.40. The third kappa shape index (κ3) is 2.21. The zero-order valence-corrected chi connectivity index (χ0v) is 8.96. The average molecular weight is 233 g/mol. The normalized spacial score (nSPS) is 18.8. The zero-order valence-electron chi connectivity index (χ0n) is 8.96. The van der Waals surface area contributed by atoms with E-state index >= 15 is 0 Å². The Morgan fingerprint density at radius 1 is 1.56 bits per heavy atom. The van der Waals surface area contributed by atoms with Gasteiger partial charge in [0.25, 0.3) is 0 Å². The number of nitrogens with zero attached hydrogens (tertiary/aromatic N) is 2. The minimum atomic E-state index is -4.28. The lowest BCUT2D eigenvalue weighted by atomic mass is 10.2. The number of imidazole rings is 1. The molecule has 1 atom stereocenters. The van der Waals surface area contributed by atoms with Crippen molar-refractivity contribution in [2.24, 2.45) is 0 Å². The SMILES string of the molecule is CCNC(c1cncn1C1CC1)C(F)(F)F. The number of rotatable bonds is 4. The van der Waals surface area contributed by atoms with Gasteiger partial charge in [-0.3, -0.25) is 0 Å². The maximum Gasteiger partial charge on any atom is 0.409 e. The Hall–Kier alpha value is -1.04. The molecule has 0 bridgehead atoms. The van der Waals surface area contributed by atoms with Gasteiger partial charge in [-0.05, 0) is 19.4 Å². The predicted octanol–water partition coefficient (Wildman–Crippen LogP) is 2.43. The van der Waals surface area contributed by atoms with Crippen molar-refractivity contribution < 1.29 is 13.2 Å². The van der Waals surface area contributed by atoms with E-state index in [1.807, 2.05) is 0 Å². The van der Waals surface area contributed by atoms with Crippen LogP contribution in [0.2, 0.25) is 0 Å². The lowest BCUT2D eigenvalue weighted by Crippen LogP contribution is -2.35. The van der Waals surface area contributed by atoms with Gasteiger partial charge in [-0.1, -0.05) is 6.92 Å². The highest BCUT2D eigenvalue weighted by atomic mass is 19.4. The summed E-state index contributed by atoms with van der Waals surface area (Å²) in [7, 11) is 0. The van der Waals surface area contributed by atoms with Gasteiger partial charge < -0.3 is 9.88 Å². The second kappa shape index (κ2) is 4.08. The molecule has 1 saturated carbocycles. The molecule has 1 unspecified atom stereocenters. The molecule has 1 heterocycles. The zero-order chi connectivity index (χ0) is 11.8. The van der Waals surface area contributed by atoms with Crippen LogP contribution in [0.15, 0.2) is 12.5 Å². The van der Waals surface area contributed by atoms with Crippen molar-refractivity contribution in [1.82, 2.24) is 14.9 Å². The largest absolute Gasteiger partial charge is 0.409 e. The highest BCUT2D eigenvalue weighted by molar-refractivity contribution is 5.11.